The summed E-state index contributed by atoms with van der Waals surface area (Å²) in [6, 6.07) is 2.44. The minimum Gasteiger partial charge on any atom is -0.481 e. The van der Waals surface area contributed by atoms with Crippen molar-refractivity contribution < 1.29 is 34.5 Å². The number of nitrogens with one attached hydrogen (secondary N) is 2. The summed E-state index contributed by atoms with van der Waals surface area (Å²) < 4.78 is 1.62. The number of carboxylic acids is 2. The number of carbonyl (C=O) groups excluding carboxylic acids is 2. The maximum absolute atomic E-state index is 12.8. The van der Waals surface area contributed by atoms with Crippen LogP contribution in [0.5, 0.6) is 0 Å². The molecule has 2 fully saturated rings. The quantitative estimate of drug-likeness (QED) is 0.319. The van der Waals surface area contributed by atoms with Gasteiger partial charge >= 0.3 is 11.9 Å². The zero-order valence-corrected chi connectivity index (χ0v) is 19.8. The highest BCUT2D eigenvalue weighted by molar-refractivity contribution is 8.03. The largest absolute Gasteiger partial charge is 0.481 e. The van der Waals surface area contributed by atoms with E-state index in [4.69, 9.17) is 5.11 Å². The van der Waals surface area contributed by atoms with Gasteiger partial charge in [-0.2, -0.15) is 0 Å². The molecule has 0 spiro atoms. The third-order valence-corrected chi connectivity index (χ3v) is 8.33. The van der Waals surface area contributed by atoms with E-state index in [1.807, 2.05) is 6.92 Å². The minimum absolute atomic E-state index is 0.0212. The normalized spacial score (nSPS) is 29.1. The Morgan fingerprint density at radius 2 is 2.00 bits per heavy atom. The summed E-state index contributed by atoms with van der Waals surface area (Å²) in [6.07, 6.45) is -0.544. The second-order valence-corrected chi connectivity index (χ2v) is 10.4. The first-order valence-electron chi connectivity index (χ1n) is 11.1. The predicted octanol–water partition coefficient (Wildman–Crippen LogP) is 0.208. The zero-order valence-electron chi connectivity index (χ0n) is 19.0. The number of hydrogen-bond donors (Lipinski definition) is 5. The van der Waals surface area contributed by atoms with Crippen LogP contribution in [0.3, 0.4) is 0 Å². The zero-order chi connectivity index (χ0) is 24.9. The van der Waals surface area contributed by atoms with Crippen LogP contribution >= 0.6 is 11.8 Å². The number of anilines is 1. The molecule has 11 nitrogen and oxygen atoms in total. The fraction of sp³-hybridized carbons (Fsp3) is 0.545. The number of rotatable bonds is 8. The molecule has 4 rings (SSSR count). The van der Waals surface area contributed by atoms with Gasteiger partial charge in [0, 0.05) is 35.4 Å². The lowest BCUT2D eigenvalue weighted by atomic mass is 9.79. The number of fused-ring (bicyclic) bond motifs is 1. The summed E-state index contributed by atoms with van der Waals surface area (Å²) in [5.74, 6) is -3.10. The monoisotopic (exact) mass is 492 g/mol. The standard InChI is InChI=1S/C22H28N4O7S/c1-9-17-16(10(2)27)21(31)26(17)18(22(32)33)19(9)34-12-7-13(23-8-12)20(30)24-14-5-4-11(25(14)3)6-15(28)29/h4-5,9-10,12-13,16-17,23,27H,6-8H2,1-3H3,(H,24,30)(H,28,29)(H,32,33)/t9-,10-,12+,13+,16-,17-/m1/s1. The van der Waals surface area contributed by atoms with E-state index < -0.39 is 30.0 Å². The Hall–Kier alpha value is -2.83. The summed E-state index contributed by atoms with van der Waals surface area (Å²) in [4.78, 5) is 50.1. The van der Waals surface area contributed by atoms with E-state index in [-0.39, 0.29) is 41.1 Å². The summed E-state index contributed by atoms with van der Waals surface area (Å²) >= 11 is 1.37. The van der Waals surface area contributed by atoms with Crippen LogP contribution < -0.4 is 10.6 Å². The Labute approximate surface area is 200 Å². The average molecular weight is 493 g/mol. The summed E-state index contributed by atoms with van der Waals surface area (Å²) in [6.45, 7) is 3.90. The maximum atomic E-state index is 12.8. The van der Waals surface area contributed by atoms with Crippen molar-refractivity contribution in [2.24, 2.45) is 18.9 Å². The van der Waals surface area contributed by atoms with Crippen LogP contribution in [0.25, 0.3) is 0 Å². The number of aliphatic carboxylic acids is 2. The molecule has 2 saturated heterocycles. The molecule has 184 valence electrons. The lowest BCUT2D eigenvalue weighted by Crippen LogP contribution is -2.63. The van der Waals surface area contributed by atoms with Crippen LogP contribution in [0.2, 0.25) is 0 Å². The van der Waals surface area contributed by atoms with Crippen molar-refractivity contribution in [1.82, 2.24) is 14.8 Å². The van der Waals surface area contributed by atoms with Crippen molar-refractivity contribution in [2.45, 2.75) is 50.1 Å². The predicted molar refractivity (Wildman–Crippen MR) is 123 cm³/mol. The number of thioether (sulfide) groups is 1. The molecular formula is C22H28N4O7S. The fourth-order valence-electron chi connectivity index (χ4n) is 5.08. The van der Waals surface area contributed by atoms with Gasteiger partial charge in [0.15, 0.2) is 0 Å². The van der Waals surface area contributed by atoms with Gasteiger partial charge in [0.25, 0.3) is 0 Å². The number of β-lactam (4-membered cyclic amide) rings is 1. The van der Waals surface area contributed by atoms with E-state index in [1.54, 1.807) is 30.7 Å². The second-order valence-electron chi connectivity index (χ2n) is 9.04. The maximum Gasteiger partial charge on any atom is 0.353 e. The van der Waals surface area contributed by atoms with Crippen LogP contribution in [0, 0.1) is 11.8 Å². The van der Waals surface area contributed by atoms with Gasteiger partial charge in [-0.15, -0.1) is 11.8 Å². The molecule has 5 N–H and O–H groups in total. The molecule has 3 aliphatic rings. The molecule has 34 heavy (non-hydrogen) atoms. The van der Waals surface area contributed by atoms with Gasteiger partial charge in [-0.05, 0) is 25.5 Å². The molecule has 0 bridgehead atoms. The Bertz CT molecular complexity index is 1080. The molecule has 0 saturated carbocycles. The van der Waals surface area contributed by atoms with E-state index in [0.717, 1.165) is 0 Å². The van der Waals surface area contributed by atoms with Crippen molar-refractivity contribution in [2.75, 3.05) is 11.9 Å². The molecule has 2 amide bonds. The number of hydrogen-bond acceptors (Lipinski definition) is 7. The Morgan fingerprint density at radius 1 is 1.29 bits per heavy atom. The van der Waals surface area contributed by atoms with Crippen LogP contribution in [-0.2, 0) is 32.6 Å². The first-order valence-corrected chi connectivity index (χ1v) is 11.9. The molecule has 1 aromatic heterocycles. The summed E-state index contributed by atoms with van der Waals surface area (Å²) in [7, 11) is 1.68. The van der Waals surface area contributed by atoms with Crippen molar-refractivity contribution in [3.8, 4) is 0 Å². The van der Waals surface area contributed by atoms with Crippen LogP contribution in [-0.4, -0.2) is 78.5 Å². The van der Waals surface area contributed by atoms with E-state index in [9.17, 15) is 29.4 Å². The second kappa shape index (κ2) is 9.08. The fourth-order valence-corrected chi connectivity index (χ4v) is 6.55. The summed E-state index contributed by atoms with van der Waals surface area (Å²) in [5.41, 5.74) is 0.542. The molecule has 0 radical (unpaired) electrons. The van der Waals surface area contributed by atoms with E-state index in [1.165, 1.54) is 16.7 Å². The van der Waals surface area contributed by atoms with Crippen molar-refractivity contribution in [3.63, 3.8) is 0 Å². The Kier molecular flexibility index (Phi) is 6.49. The number of aliphatic hydroxyl groups excluding tert-OH is 1. The minimum atomic E-state index is -1.17. The first-order chi connectivity index (χ1) is 16.0. The van der Waals surface area contributed by atoms with Crippen LogP contribution in [0.15, 0.2) is 22.7 Å². The highest BCUT2D eigenvalue weighted by Crippen LogP contribution is 2.51. The van der Waals surface area contributed by atoms with Crippen LogP contribution in [0.1, 0.15) is 26.0 Å². The summed E-state index contributed by atoms with van der Waals surface area (Å²) in [5, 5.41) is 34.6. The molecule has 3 aliphatic heterocycles. The third kappa shape index (κ3) is 4.10. The topological polar surface area (TPSA) is 161 Å². The van der Waals surface area contributed by atoms with E-state index in [0.29, 0.717) is 29.4 Å². The van der Waals surface area contributed by atoms with Crippen molar-refractivity contribution in [3.05, 3.63) is 28.4 Å². The SMILES string of the molecule is C[C@@H](O)[C@H]1C(=O)N2C(C(=O)O)=C(S[C@@H]3CN[C@H](C(=O)Nc4ccc(CC(=O)O)n4C)C3)[C@H](C)[C@H]12. The molecule has 0 aliphatic carbocycles. The number of aromatic nitrogens is 1. The first kappa shape index (κ1) is 24.3. The smallest absolute Gasteiger partial charge is 0.353 e. The average Bonchev–Trinajstić information content (AvgIpc) is 3.40. The number of amides is 2. The molecular weight excluding hydrogens is 464 g/mol. The van der Waals surface area contributed by atoms with Crippen molar-refractivity contribution in [1.29, 1.82) is 0 Å². The van der Waals surface area contributed by atoms with Crippen molar-refractivity contribution >= 4 is 41.3 Å². The molecule has 1 aromatic rings. The third-order valence-electron chi connectivity index (χ3n) is 6.82. The lowest BCUT2D eigenvalue weighted by Gasteiger charge is -2.46. The Balaban J connectivity index is 1.42. The van der Waals surface area contributed by atoms with Gasteiger partial charge in [0.2, 0.25) is 11.8 Å². The van der Waals surface area contributed by atoms with Gasteiger partial charge in [-0.1, -0.05) is 6.92 Å². The number of aliphatic hydroxyl groups is 1. The number of carbonyl (C=O) groups is 4. The van der Waals surface area contributed by atoms with Gasteiger partial charge in [-0.3, -0.25) is 14.4 Å². The Morgan fingerprint density at radius 3 is 2.62 bits per heavy atom. The molecule has 0 aromatic carbocycles. The highest BCUT2D eigenvalue weighted by atomic mass is 32.2. The van der Waals surface area contributed by atoms with Gasteiger partial charge < -0.3 is 35.4 Å². The van der Waals surface area contributed by atoms with E-state index >= 15 is 0 Å². The molecule has 4 heterocycles. The molecule has 6 atom stereocenters. The lowest BCUT2D eigenvalue weighted by molar-refractivity contribution is -0.163. The van der Waals surface area contributed by atoms with E-state index in [2.05, 4.69) is 10.6 Å². The van der Waals surface area contributed by atoms with Gasteiger partial charge in [-0.25, -0.2) is 4.79 Å². The molecule has 12 heteroatoms. The molecule has 0 unspecified atom stereocenters. The highest BCUT2D eigenvalue weighted by Gasteiger charge is 2.60. The van der Waals surface area contributed by atoms with Gasteiger partial charge in [0.05, 0.1) is 30.5 Å². The number of nitrogens with zero attached hydrogens (tertiary/aromatic N) is 2. The van der Waals surface area contributed by atoms with Gasteiger partial charge in [0.1, 0.15) is 11.5 Å². The van der Waals surface area contributed by atoms with Crippen LogP contribution in [0.4, 0.5) is 5.82 Å². The number of carboxylic acid groups (broad SMARTS) is 2.